The Labute approximate surface area is 79.0 Å². The van der Waals surface area contributed by atoms with E-state index < -0.39 is 0 Å². The standard InChI is InChI=1S/C11H12S/c1-3-6-9-7-5-8-11(12)10(9)4-2/h3-8,12H,2H2,1H3. The van der Waals surface area contributed by atoms with Crippen molar-refractivity contribution < 1.29 is 0 Å². The van der Waals surface area contributed by atoms with Crippen molar-refractivity contribution in [3.05, 3.63) is 42.0 Å². The van der Waals surface area contributed by atoms with E-state index in [0.717, 1.165) is 10.5 Å². The average molecular weight is 176 g/mol. The normalized spacial score (nSPS) is 10.5. The summed E-state index contributed by atoms with van der Waals surface area (Å²) in [5.74, 6) is 0. The van der Waals surface area contributed by atoms with E-state index in [0.29, 0.717) is 0 Å². The lowest BCUT2D eigenvalue weighted by molar-refractivity contribution is 1.41. The molecule has 0 saturated heterocycles. The fourth-order valence-corrected chi connectivity index (χ4v) is 1.42. The highest BCUT2D eigenvalue weighted by atomic mass is 32.1. The molecule has 0 spiro atoms. The van der Waals surface area contributed by atoms with E-state index in [1.165, 1.54) is 5.56 Å². The van der Waals surface area contributed by atoms with E-state index in [1.54, 1.807) is 0 Å². The lowest BCUT2D eigenvalue weighted by Crippen LogP contribution is -1.81. The Hall–Kier alpha value is -0.950. The SMILES string of the molecule is C=Cc1c(S)cccc1C=CC. The van der Waals surface area contributed by atoms with Crippen molar-refractivity contribution in [1.82, 2.24) is 0 Å². The zero-order valence-electron chi connectivity index (χ0n) is 7.12. The second-order valence-electron chi connectivity index (χ2n) is 2.48. The first-order valence-corrected chi connectivity index (χ1v) is 4.31. The molecule has 0 heterocycles. The van der Waals surface area contributed by atoms with E-state index in [2.05, 4.69) is 31.4 Å². The van der Waals surface area contributed by atoms with Gasteiger partial charge in [-0.2, -0.15) is 0 Å². The fourth-order valence-electron chi connectivity index (χ4n) is 1.12. The molecule has 0 aromatic heterocycles. The average Bonchev–Trinajstić information content (AvgIpc) is 2.05. The van der Waals surface area contributed by atoms with Gasteiger partial charge in [0.05, 0.1) is 0 Å². The first kappa shape index (κ1) is 9.14. The Morgan fingerprint density at radius 2 is 2.17 bits per heavy atom. The third-order valence-corrected chi connectivity index (χ3v) is 2.06. The van der Waals surface area contributed by atoms with Crippen LogP contribution < -0.4 is 0 Å². The van der Waals surface area contributed by atoms with E-state index in [9.17, 15) is 0 Å². The van der Waals surface area contributed by atoms with E-state index in [4.69, 9.17) is 0 Å². The van der Waals surface area contributed by atoms with Crippen molar-refractivity contribution in [2.24, 2.45) is 0 Å². The number of hydrogen-bond acceptors (Lipinski definition) is 1. The predicted molar refractivity (Wildman–Crippen MR) is 58.5 cm³/mol. The number of hydrogen-bond donors (Lipinski definition) is 1. The molecule has 1 aromatic rings. The van der Waals surface area contributed by atoms with E-state index in [-0.39, 0.29) is 0 Å². The van der Waals surface area contributed by atoms with Gasteiger partial charge in [0.15, 0.2) is 0 Å². The van der Waals surface area contributed by atoms with Gasteiger partial charge in [0.2, 0.25) is 0 Å². The summed E-state index contributed by atoms with van der Waals surface area (Å²) in [6, 6.07) is 6.01. The highest BCUT2D eigenvalue weighted by Gasteiger charge is 1.97. The van der Waals surface area contributed by atoms with E-state index in [1.807, 2.05) is 31.2 Å². The molecule has 0 bridgehead atoms. The molecule has 0 atom stereocenters. The minimum Gasteiger partial charge on any atom is -0.143 e. The summed E-state index contributed by atoms with van der Waals surface area (Å²) < 4.78 is 0. The molecule has 0 aliphatic rings. The van der Waals surface area contributed by atoms with Crippen molar-refractivity contribution in [3.8, 4) is 0 Å². The molecule has 0 unspecified atom stereocenters. The van der Waals surface area contributed by atoms with Crippen LogP contribution >= 0.6 is 12.6 Å². The minimum atomic E-state index is 0.973. The molecular weight excluding hydrogens is 164 g/mol. The van der Waals surface area contributed by atoms with Gasteiger partial charge in [-0.1, -0.05) is 36.9 Å². The van der Waals surface area contributed by atoms with Crippen LogP contribution in [-0.4, -0.2) is 0 Å². The summed E-state index contributed by atoms with van der Waals surface area (Å²) in [7, 11) is 0. The van der Waals surface area contributed by atoms with Crippen LogP contribution in [0.4, 0.5) is 0 Å². The molecule has 0 fully saturated rings. The van der Waals surface area contributed by atoms with E-state index >= 15 is 0 Å². The summed E-state index contributed by atoms with van der Waals surface area (Å²) >= 11 is 4.34. The van der Waals surface area contributed by atoms with Gasteiger partial charge >= 0.3 is 0 Å². The summed E-state index contributed by atoms with van der Waals surface area (Å²) in [5, 5.41) is 0. The van der Waals surface area contributed by atoms with Gasteiger partial charge in [-0.3, -0.25) is 0 Å². The van der Waals surface area contributed by atoms with Gasteiger partial charge in [-0.25, -0.2) is 0 Å². The van der Waals surface area contributed by atoms with Crippen molar-refractivity contribution in [1.29, 1.82) is 0 Å². The molecule has 0 N–H and O–H groups in total. The second kappa shape index (κ2) is 4.17. The Kier molecular flexibility index (Phi) is 3.18. The summed E-state index contributed by atoms with van der Waals surface area (Å²) in [6.07, 6.45) is 5.89. The van der Waals surface area contributed by atoms with Crippen LogP contribution in [0, 0.1) is 0 Å². The third-order valence-electron chi connectivity index (χ3n) is 1.67. The van der Waals surface area contributed by atoms with Crippen LogP contribution in [0.5, 0.6) is 0 Å². The fraction of sp³-hybridized carbons (Fsp3) is 0.0909. The quantitative estimate of drug-likeness (QED) is 0.653. The second-order valence-corrected chi connectivity index (χ2v) is 2.97. The van der Waals surface area contributed by atoms with Crippen molar-refractivity contribution >= 4 is 24.8 Å². The Morgan fingerprint density at radius 3 is 2.75 bits per heavy atom. The molecule has 0 amide bonds. The zero-order chi connectivity index (χ0) is 8.97. The van der Waals surface area contributed by atoms with Gasteiger partial charge in [-0.05, 0) is 24.1 Å². The lowest BCUT2D eigenvalue weighted by Gasteiger charge is -2.02. The maximum Gasteiger partial charge on any atom is 0.0118 e. The Morgan fingerprint density at radius 1 is 1.42 bits per heavy atom. The molecule has 1 heteroatoms. The van der Waals surface area contributed by atoms with Crippen molar-refractivity contribution in [2.45, 2.75) is 11.8 Å². The van der Waals surface area contributed by atoms with Crippen LogP contribution in [0.3, 0.4) is 0 Å². The number of rotatable bonds is 2. The highest BCUT2D eigenvalue weighted by molar-refractivity contribution is 7.80. The first-order chi connectivity index (χ1) is 5.79. The molecule has 0 nitrogen and oxygen atoms in total. The van der Waals surface area contributed by atoms with Gasteiger partial charge in [0.1, 0.15) is 0 Å². The van der Waals surface area contributed by atoms with Gasteiger partial charge in [0, 0.05) is 4.90 Å². The Balaban J connectivity index is 3.27. The van der Waals surface area contributed by atoms with Crippen molar-refractivity contribution in [3.63, 3.8) is 0 Å². The van der Waals surface area contributed by atoms with Gasteiger partial charge < -0.3 is 0 Å². The molecule has 12 heavy (non-hydrogen) atoms. The van der Waals surface area contributed by atoms with Crippen LogP contribution in [0.2, 0.25) is 0 Å². The number of thiol groups is 1. The van der Waals surface area contributed by atoms with Crippen LogP contribution in [0.25, 0.3) is 12.2 Å². The van der Waals surface area contributed by atoms with Crippen molar-refractivity contribution in [2.75, 3.05) is 0 Å². The molecule has 0 aliphatic carbocycles. The van der Waals surface area contributed by atoms with Crippen LogP contribution in [0.1, 0.15) is 18.1 Å². The number of benzene rings is 1. The maximum absolute atomic E-state index is 4.34. The smallest absolute Gasteiger partial charge is 0.0118 e. The molecule has 0 aliphatic heterocycles. The van der Waals surface area contributed by atoms with Gasteiger partial charge in [0.25, 0.3) is 0 Å². The highest BCUT2D eigenvalue weighted by Crippen LogP contribution is 2.20. The Bertz CT molecular complexity index is 311. The largest absolute Gasteiger partial charge is 0.143 e. The molecule has 1 aromatic carbocycles. The monoisotopic (exact) mass is 176 g/mol. The lowest BCUT2D eigenvalue weighted by atomic mass is 10.1. The predicted octanol–water partition coefficient (Wildman–Crippen LogP) is 3.65. The van der Waals surface area contributed by atoms with Gasteiger partial charge in [-0.15, -0.1) is 12.6 Å². The molecule has 1 rings (SSSR count). The maximum atomic E-state index is 4.34. The molecular formula is C11H12S. The zero-order valence-corrected chi connectivity index (χ0v) is 8.01. The summed E-state index contributed by atoms with van der Waals surface area (Å²) in [6.45, 7) is 5.75. The first-order valence-electron chi connectivity index (χ1n) is 3.86. The van der Waals surface area contributed by atoms with Crippen LogP contribution in [0.15, 0.2) is 35.7 Å². The number of allylic oxidation sites excluding steroid dienone is 1. The third kappa shape index (κ3) is 1.80. The van der Waals surface area contributed by atoms with Crippen LogP contribution in [-0.2, 0) is 0 Å². The molecule has 62 valence electrons. The summed E-state index contributed by atoms with van der Waals surface area (Å²) in [4.78, 5) is 0.973. The minimum absolute atomic E-state index is 0.973. The summed E-state index contributed by atoms with van der Waals surface area (Å²) in [5.41, 5.74) is 2.26. The molecule has 0 radical (unpaired) electrons. The topological polar surface area (TPSA) is 0 Å². The molecule has 0 saturated carbocycles.